The highest BCUT2D eigenvalue weighted by Crippen LogP contribution is 2.09. The van der Waals surface area contributed by atoms with E-state index in [4.69, 9.17) is 6.42 Å². The van der Waals surface area contributed by atoms with Crippen LogP contribution in [0.25, 0.3) is 0 Å². The quantitative estimate of drug-likeness (QED) is 0.775. The first-order valence-electron chi connectivity index (χ1n) is 5.14. The second-order valence-electron chi connectivity index (χ2n) is 3.69. The molecule has 0 aromatic heterocycles. The van der Waals surface area contributed by atoms with Crippen molar-refractivity contribution in [3.63, 3.8) is 0 Å². The zero-order chi connectivity index (χ0) is 12.0. The maximum atomic E-state index is 11.3. The van der Waals surface area contributed by atoms with Gasteiger partial charge in [-0.15, -0.1) is 6.42 Å². The molecule has 16 heavy (non-hydrogen) atoms. The van der Waals surface area contributed by atoms with Crippen molar-refractivity contribution in [2.24, 2.45) is 0 Å². The Morgan fingerprint density at radius 3 is 2.88 bits per heavy atom. The zero-order valence-electron chi connectivity index (χ0n) is 9.66. The lowest BCUT2D eigenvalue weighted by molar-refractivity contribution is -0.128. The molecule has 1 N–H and O–H groups in total. The molecule has 1 aromatic rings. The first-order chi connectivity index (χ1) is 7.63. The Morgan fingerprint density at radius 1 is 1.50 bits per heavy atom. The fraction of sp³-hybridized carbons (Fsp3) is 0.308. The molecule has 0 aliphatic rings. The van der Waals surface area contributed by atoms with Gasteiger partial charge in [-0.2, -0.15) is 0 Å². The van der Waals surface area contributed by atoms with Crippen molar-refractivity contribution in [3.8, 4) is 12.3 Å². The maximum absolute atomic E-state index is 11.3. The molecule has 0 bridgehead atoms. The van der Waals surface area contributed by atoms with Crippen LogP contribution in [0.3, 0.4) is 0 Å². The summed E-state index contributed by atoms with van der Waals surface area (Å²) in [4.78, 5) is 12.9. The number of hydrogen-bond donors (Lipinski definition) is 1. The standard InChI is InChI=1S/C13H16N2O/c1-4-11-6-5-7-12(10-11)14-9-8-13(16)15(2)3/h1,5-7,10,14H,8-9H2,2-3H3. The molecule has 0 saturated carbocycles. The smallest absolute Gasteiger partial charge is 0.223 e. The minimum atomic E-state index is 0.112. The van der Waals surface area contributed by atoms with Crippen molar-refractivity contribution >= 4 is 11.6 Å². The average molecular weight is 216 g/mol. The van der Waals surface area contributed by atoms with E-state index < -0.39 is 0 Å². The van der Waals surface area contributed by atoms with Crippen molar-refractivity contribution in [1.82, 2.24) is 4.90 Å². The van der Waals surface area contributed by atoms with Crippen molar-refractivity contribution in [2.45, 2.75) is 6.42 Å². The van der Waals surface area contributed by atoms with E-state index in [1.807, 2.05) is 24.3 Å². The second kappa shape index (κ2) is 5.82. The largest absolute Gasteiger partial charge is 0.384 e. The van der Waals surface area contributed by atoms with Crippen LogP contribution in [0, 0.1) is 12.3 Å². The Labute approximate surface area is 96.5 Å². The highest BCUT2D eigenvalue weighted by atomic mass is 16.2. The van der Waals surface area contributed by atoms with E-state index in [9.17, 15) is 4.79 Å². The van der Waals surface area contributed by atoms with Crippen LogP contribution in [-0.2, 0) is 4.79 Å². The molecule has 0 spiro atoms. The molecule has 0 aliphatic heterocycles. The maximum Gasteiger partial charge on any atom is 0.223 e. The van der Waals surface area contributed by atoms with Gasteiger partial charge in [-0.25, -0.2) is 0 Å². The van der Waals surface area contributed by atoms with Crippen LogP contribution < -0.4 is 5.32 Å². The van der Waals surface area contributed by atoms with Gasteiger partial charge < -0.3 is 10.2 Å². The van der Waals surface area contributed by atoms with E-state index in [0.717, 1.165) is 11.3 Å². The van der Waals surface area contributed by atoms with Gasteiger partial charge in [0.1, 0.15) is 0 Å². The van der Waals surface area contributed by atoms with Crippen molar-refractivity contribution < 1.29 is 4.79 Å². The lowest BCUT2D eigenvalue weighted by atomic mass is 10.2. The minimum absolute atomic E-state index is 0.112. The monoisotopic (exact) mass is 216 g/mol. The highest BCUT2D eigenvalue weighted by Gasteiger charge is 2.02. The number of rotatable bonds is 4. The van der Waals surface area contributed by atoms with E-state index in [1.165, 1.54) is 0 Å². The number of carbonyl (C=O) groups is 1. The molecule has 0 fully saturated rings. The van der Waals surface area contributed by atoms with Gasteiger partial charge in [0.05, 0.1) is 0 Å². The van der Waals surface area contributed by atoms with Gasteiger partial charge in [0.25, 0.3) is 0 Å². The summed E-state index contributed by atoms with van der Waals surface area (Å²) in [6.07, 6.45) is 5.78. The van der Waals surface area contributed by atoms with Crippen LogP contribution in [0.1, 0.15) is 12.0 Å². The Hall–Kier alpha value is -1.95. The molecule has 0 heterocycles. The van der Waals surface area contributed by atoms with Gasteiger partial charge >= 0.3 is 0 Å². The lowest BCUT2D eigenvalue weighted by Crippen LogP contribution is -2.23. The number of nitrogens with zero attached hydrogens (tertiary/aromatic N) is 1. The van der Waals surface area contributed by atoms with Gasteiger partial charge in [0.15, 0.2) is 0 Å². The molecule has 1 aromatic carbocycles. The van der Waals surface area contributed by atoms with Gasteiger partial charge in [-0.3, -0.25) is 4.79 Å². The number of nitrogens with one attached hydrogen (secondary N) is 1. The summed E-state index contributed by atoms with van der Waals surface area (Å²) in [7, 11) is 3.50. The van der Waals surface area contributed by atoms with Crippen LogP contribution in [-0.4, -0.2) is 31.4 Å². The first-order valence-corrected chi connectivity index (χ1v) is 5.14. The summed E-state index contributed by atoms with van der Waals surface area (Å²) in [5, 5.41) is 3.16. The molecule has 0 radical (unpaired) electrons. The zero-order valence-corrected chi connectivity index (χ0v) is 9.66. The van der Waals surface area contributed by atoms with E-state index in [2.05, 4.69) is 11.2 Å². The Morgan fingerprint density at radius 2 is 2.25 bits per heavy atom. The molecule has 1 amide bonds. The fourth-order valence-corrected chi connectivity index (χ4v) is 1.26. The van der Waals surface area contributed by atoms with Crippen molar-refractivity contribution in [1.29, 1.82) is 0 Å². The number of amides is 1. The topological polar surface area (TPSA) is 32.3 Å². The van der Waals surface area contributed by atoms with Crippen LogP contribution in [0.15, 0.2) is 24.3 Å². The van der Waals surface area contributed by atoms with Crippen LogP contribution >= 0.6 is 0 Å². The third-order valence-electron chi connectivity index (χ3n) is 2.20. The minimum Gasteiger partial charge on any atom is -0.384 e. The summed E-state index contributed by atoms with van der Waals surface area (Å²) in [5.41, 5.74) is 1.78. The number of benzene rings is 1. The predicted octanol–water partition coefficient (Wildman–Crippen LogP) is 1.56. The molecule has 0 unspecified atom stereocenters. The summed E-state index contributed by atoms with van der Waals surface area (Å²) < 4.78 is 0. The van der Waals surface area contributed by atoms with Gasteiger partial charge in [-0.1, -0.05) is 12.0 Å². The normalized spacial score (nSPS) is 9.31. The van der Waals surface area contributed by atoms with Gasteiger partial charge in [0, 0.05) is 38.3 Å². The fourth-order valence-electron chi connectivity index (χ4n) is 1.26. The van der Waals surface area contributed by atoms with Crippen molar-refractivity contribution in [2.75, 3.05) is 26.0 Å². The summed E-state index contributed by atoms with van der Waals surface area (Å²) in [6.45, 7) is 0.616. The molecule has 0 saturated heterocycles. The summed E-state index contributed by atoms with van der Waals surface area (Å²) in [6, 6.07) is 7.59. The van der Waals surface area contributed by atoms with Gasteiger partial charge in [0.2, 0.25) is 5.91 Å². The van der Waals surface area contributed by atoms with E-state index >= 15 is 0 Å². The Balaban J connectivity index is 2.43. The highest BCUT2D eigenvalue weighted by molar-refractivity contribution is 5.76. The van der Waals surface area contributed by atoms with Crippen molar-refractivity contribution in [3.05, 3.63) is 29.8 Å². The molecular formula is C13H16N2O. The molecule has 1 rings (SSSR count). The predicted molar refractivity (Wildman–Crippen MR) is 66.2 cm³/mol. The molecular weight excluding hydrogens is 200 g/mol. The van der Waals surface area contributed by atoms with Gasteiger partial charge in [-0.05, 0) is 18.2 Å². The van der Waals surface area contributed by atoms with Crippen LogP contribution in [0.2, 0.25) is 0 Å². The first kappa shape index (κ1) is 12.1. The third kappa shape index (κ3) is 3.66. The van der Waals surface area contributed by atoms with E-state index in [-0.39, 0.29) is 5.91 Å². The number of carbonyl (C=O) groups excluding carboxylic acids is 1. The number of terminal acetylenes is 1. The second-order valence-corrected chi connectivity index (χ2v) is 3.69. The van der Waals surface area contributed by atoms with E-state index in [1.54, 1.807) is 19.0 Å². The summed E-state index contributed by atoms with van der Waals surface area (Å²) in [5.74, 6) is 2.68. The summed E-state index contributed by atoms with van der Waals surface area (Å²) >= 11 is 0. The average Bonchev–Trinajstić information content (AvgIpc) is 2.29. The van der Waals surface area contributed by atoms with E-state index in [0.29, 0.717) is 13.0 Å². The SMILES string of the molecule is C#Cc1cccc(NCCC(=O)N(C)C)c1. The van der Waals surface area contributed by atoms with Crippen LogP contribution in [0.5, 0.6) is 0 Å². The lowest BCUT2D eigenvalue weighted by Gasteiger charge is -2.11. The number of anilines is 1. The Bertz CT molecular complexity index is 405. The molecule has 84 valence electrons. The molecule has 0 atom stereocenters. The number of hydrogen-bond acceptors (Lipinski definition) is 2. The molecule has 3 heteroatoms. The Kier molecular flexibility index (Phi) is 4.41. The molecule has 3 nitrogen and oxygen atoms in total. The van der Waals surface area contributed by atoms with Crippen LogP contribution in [0.4, 0.5) is 5.69 Å². The molecule has 0 aliphatic carbocycles. The third-order valence-corrected chi connectivity index (χ3v) is 2.20.